The van der Waals surface area contributed by atoms with Gasteiger partial charge in [-0.15, -0.1) is 0 Å². The predicted molar refractivity (Wildman–Crippen MR) is 72.4 cm³/mol. The first-order valence-electron chi connectivity index (χ1n) is 6.12. The van der Waals surface area contributed by atoms with E-state index in [-0.39, 0.29) is 0 Å². The van der Waals surface area contributed by atoms with Crippen LogP contribution in [0.1, 0.15) is 46.0 Å². The third kappa shape index (κ3) is 4.96. The van der Waals surface area contributed by atoms with E-state index in [1.165, 1.54) is 31.4 Å². The largest absolute Gasteiger partial charge is 0.399 e. The highest BCUT2D eigenvalue weighted by molar-refractivity contribution is 5.84. The Labute approximate surface area is 98.6 Å². The highest BCUT2D eigenvalue weighted by Gasteiger charge is 1.94. The van der Waals surface area contributed by atoms with Crippen LogP contribution in [0.15, 0.2) is 29.3 Å². The van der Waals surface area contributed by atoms with Gasteiger partial charge in [0.1, 0.15) is 0 Å². The van der Waals surface area contributed by atoms with Gasteiger partial charge in [0.25, 0.3) is 0 Å². The molecule has 0 aliphatic carbocycles. The summed E-state index contributed by atoms with van der Waals surface area (Å²) in [5, 5.41) is 0. The Morgan fingerprint density at radius 3 is 2.44 bits per heavy atom. The second-order valence-electron chi connectivity index (χ2n) is 4.25. The van der Waals surface area contributed by atoms with Crippen LogP contribution in [-0.4, -0.2) is 5.71 Å². The van der Waals surface area contributed by atoms with Crippen LogP contribution in [-0.2, 0) is 0 Å². The molecular weight excluding hydrogens is 196 g/mol. The molecule has 0 aliphatic heterocycles. The zero-order valence-corrected chi connectivity index (χ0v) is 10.4. The number of rotatable bonds is 6. The molecule has 0 aliphatic rings. The van der Waals surface area contributed by atoms with Crippen LogP contribution in [0, 0.1) is 0 Å². The summed E-state index contributed by atoms with van der Waals surface area (Å²) in [7, 11) is 0. The molecule has 0 saturated heterocycles. The van der Waals surface area contributed by atoms with Gasteiger partial charge in [0.2, 0.25) is 0 Å². The van der Waals surface area contributed by atoms with E-state index < -0.39 is 0 Å². The molecule has 88 valence electrons. The average molecular weight is 218 g/mol. The molecule has 0 aromatic heterocycles. The molecule has 0 fully saturated rings. The molecule has 0 unspecified atom stereocenters. The molecule has 0 radical (unpaired) electrons. The first kappa shape index (κ1) is 12.8. The predicted octanol–water partition coefficient (Wildman–Crippen LogP) is 4.33. The summed E-state index contributed by atoms with van der Waals surface area (Å²) in [4.78, 5) is 4.56. The lowest BCUT2D eigenvalue weighted by molar-refractivity contribution is 0.682. The normalized spacial score (nSPS) is 11.8. The number of nitrogens with zero attached hydrogens (tertiary/aromatic N) is 1. The summed E-state index contributed by atoms with van der Waals surface area (Å²) in [5.74, 6) is 0. The van der Waals surface area contributed by atoms with E-state index in [0.29, 0.717) is 0 Å². The highest BCUT2D eigenvalue weighted by atomic mass is 14.7. The summed E-state index contributed by atoms with van der Waals surface area (Å²) in [6, 6.07) is 7.71. The minimum absolute atomic E-state index is 0.791. The summed E-state index contributed by atoms with van der Waals surface area (Å²) in [6.45, 7) is 4.33. The molecule has 0 heterocycles. The van der Waals surface area contributed by atoms with Crippen molar-refractivity contribution in [2.75, 3.05) is 5.73 Å². The van der Waals surface area contributed by atoms with Crippen molar-refractivity contribution in [3.63, 3.8) is 0 Å². The van der Waals surface area contributed by atoms with Gasteiger partial charge in [-0.2, -0.15) is 0 Å². The molecule has 0 amide bonds. The first-order valence-corrected chi connectivity index (χ1v) is 6.12. The molecule has 1 aromatic rings. The van der Waals surface area contributed by atoms with Crippen molar-refractivity contribution in [1.82, 2.24) is 0 Å². The zero-order chi connectivity index (χ0) is 11.8. The van der Waals surface area contributed by atoms with Crippen molar-refractivity contribution in [3.8, 4) is 0 Å². The van der Waals surface area contributed by atoms with E-state index >= 15 is 0 Å². The number of benzene rings is 1. The fraction of sp³-hybridized carbons (Fsp3) is 0.500. The van der Waals surface area contributed by atoms with Gasteiger partial charge < -0.3 is 5.73 Å². The van der Waals surface area contributed by atoms with Crippen molar-refractivity contribution in [2.45, 2.75) is 46.0 Å². The van der Waals surface area contributed by atoms with E-state index in [2.05, 4.69) is 18.8 Å². The van der Waals surface area contributed by atoms with Crippen molar-refractivity contribution in [2.24, 2.45) is 4.99 Å². The Morgan fingerprint density at radius 2 is 1.81 bits per heavy atom. The van der Waals surface area contributed by atoms with E-state index in [0.717, 1.165) is 17.8 Å². The van der Waals surface area contributed by atoms with Gasteiger partial charge in [-0.25, -0.2) is 0 Å². The molecular formula is C14H22N2. The maximum Gasteiger partial charge on any atom is 0.0630 e. The number of anilines is 1. The van der Waals surface area contributed by atoms with Crippen molar-refractivity contribution in [1.29, 1.82) is 0 Å². The smallest absolute Gasteiger partial charge is 0.0630 e. The monoisotopic (exact) mass is 218 g/mol. The Kier molecular flexibility index (Phi) is 5.62. The lowest BCUT2D eigenvalue weighted by atomic mass is 10.1. The lowest BCUT2D eigenvalue weighted by Gasteiger charge is -2.01. The summed E-state index contributed by atoms with van der Waals surface area (Å²) < 4.78 is 0. The topological polar surface area (TPSA) is 38.4 Å². The molecule has 1 aromatic carbocycles. The third-order valence-electron chi connectivity index (χ3n) is 2.61. The van der Waals surface area contributed by atoms with Crippen LogP contribution in [0.2, 0.25) is 0 Å². The number of unbranched alkanes of at least 4 members (excludes halogenated alkanes) is 3. The fourth-order valence-corrected chi connectivity index (χ4v) is 1.63. The molecule has 0 bridgehead atoms. The van der Waals surface area contributed by atoms with Gasteiger partial charge in [-0.1, -0.05) is 26.2 Å². The van der Waals surface area contributed by atoms with Gasteiger partial charge in [0.05, 0.1) is 5.69 Å². The van der Waals surface area contributed by atoms with Crippen molar-refractivity contribution < 1.29 is 0 Å². The van der Waals surface area contributed by atoms with Gasteiger partial charge >= 0.3 is 0 Å². The molecule has 0 spiro atoms. The van der Waals surface area contributed by atoms with Crippen LogP contribution >= 0.6 is 0 Å². The molecule has 0 saturated carbocycles. The van der Waals surface area contributed by atoms with Gasteiger partial charge in [-0.05, 0) is 44.0 Å². The quantitative estimate of drug-likeness (QED) is 0.431. The standard InChI is InChI=1S/C14H22N2/c1-3-4-5-6-7-12(2)16-14-10-8-13(15)9-11-14/h8-11H,3-7,15H2,1-2H3. The number of hydrogen-bond donors (Lipinski definition) is 1. The minimum atomic E-state index is 0.791. The summed E-state index contributed by atoms with van der Waals surface area (Å²) in [6.07, 6.45) is 6.27. The second-order valence-corrected chi connectivity index (χ2v) is 4.25. The summed E-state index contributed by atoms with van der Waals surface area (Å²) >= 11 is 0. The Morgan fingerprint density at radius 1 is 1.12 bits per heavy atom. The average Bonchev–Trinajstić information content (AvgIpc) is 2.28. The summed E-state index contributed by atoms with van der Waals surface area (Å²) in [5.41, 5.74) is 8.62. The van der Waals surface area contributed by atoms with E-state index in [1.807, 2.05) is 24.3 Å². The van der Waals surface area contributed by atoms with Crippen molar-refractivity contribution in [3.05, 3.63) is 24.3 Å². The first-order chi connectivity index (χ1) is 7.72. The van der Waals surface area contributed by atoms with Crippen LogP contribution in [0.3, 0.4) is 0 Å². The molecule has 1 rings (SSSR count). The highest BCUT2D eigenvalue weighted by Crippen LogP contribution is 2.15. The maximum absolute atomic E-state index is 5.62. The molecule has 2 nitrogen and oxygen atoms in total. The fourth-order valence-electron chi connectivity index (χ4n) is 1.63. The Bertz CT molecular complexity index is 325. The van der Waals surface area contributed by atoms with E-state index in [9.17, 15) is 0 Å². The van der Waals surface area contributed by atoms with Gasteiger partial charge in [-0.3, -0.25) is 4.99 Å². The van der Waals surface area contributed by atoms with Gasteiger partial charge in [0.15, 0.2) is 0 Å². The number of aliphatic imine (C=N–C) groups is 1. The SMILES string of the molecule is CCCCCCC(C)=Nc1ccc(N)cc1. The maximum atomic E-state index is 5.62. The van der Waals surface area contributed by atoms with E-state index in [4.69, 9.17) is 5.73 Å². The second kappa shape index (κ2) is 7.04. The van der Waals surface area contributed by atoms with Crippen LogP contribution in [0.25, 0.3) is 0 Å². The van der Waals surface area contributed by atoms with Crippen LogP contribution in [0.5, 0.6) is 0 Å². The van der Waals surface area contributed by atoms with Crippen LogP contribution in [0.4, 0.5) is 11.4 Å². The number of nitrogens with two attached hydrogens (primary N) is 1. The van der Waals surface area contributed by atoms with Crippen molar-refractivity contribution >= 4 is 17.1 Å². The Balaban J connectivity index is 2.40. The number of nitrogen functional groups attached to an aromatic ring is 1. The molecule has 0 atom stereocenters. The molecule has 2 heteroatoms. The van der Waals surface area contributed by atoms with Gasteiger partial charge in [0, 0.05) is 11.4 Å². The number of hydrogen-bond acceptors (Lipinski definition) is 2. The molecule has 16 heavy (non-hydrogen) atoms. The zero-order valence-electron chi connectivity index (χ0n) is 10.4. The lowest BCUT2D eigenvalue weighted by Crippen LogP contribution is -1.91. The third-order valence-corrected chi connectivity index (χ3v) is 2.61. The molecule has 2 N–H and O–H groups in total. The van der Waals surface area contributed by atoms with E-state index in [1.54, 1.807) is 0 Å². The van der Waals surface area contributed by atoms with Crippen LogP contribution < -0.4 is 5.73 Å². The minimum Gasteiger partial charge on any atom is -0.399 e. The Hall–Kier alpha value is -1.31.